The highest BCUT2D eigenvalue weighted by atomic mass is 35.5. The molecule has 2 aromatic carbocycles. The number of halogens is 1. The van der Waals surface area contributed by atoms with Gasteiger partial charge < -0.3 is 16.2 Å². The van der Waals surface area contributed by atoms with Crippen LogP contribution in [0, 0.1) is 0 Å². The average Bonchev–Trinajstić information content (AvgIpc) is 2.52. The van der Waals surface area contributed by atoms with Gasteiger partial charge in [-0.05, 0) is 24.3 Å². The van der Waals surface area contributed by atoms with Crippen LogP contribution < -0.4 is 11.1 Å². The third kappa shape index (κ3) is 2.12. The lowest BCUT2D eigenvalue weighted by molar-refractivity contribution is 0.0972. The standard InChI is InChI=1S/C16H11ClN2O3/c17-9-6-7-10(20)12-11(9)16(22)14(13(18)15(12)21)19-8-4-2-1-3-5-8/h1-7,19-20H,18H2. The molecule has 0 unspecified atom stereocenters. The van der Waals surface area contributed by atoms with Crippen molar-refractivity contribution in [1.29, 1.82) is 0 Å². The van der Waals surface area contributed by atoms with Crippen molar-refractivity contribution < 1.29 is 14.7 Å². The average molecular weight is 315 g/mol. The van der Waals surface area contributed by atoms with E-state index in [0.717, 1.165) is 0 Å². The molecule has 4 N–H and O–H groups in total. The Balaban J connectivity index is 2.14. The molecule has 1 aliphatic rings. The van der Waals surface area contributed by atoms with Crippen LogP contribution >= 0.6 is 11.6 Å². The number of benzene rings is 2. The minimum Gasteiger partial charge on any atom is -0.507 e. The maximum Gasteiger partial charge on any atom is 0.215 e. The van der Waals surface area contributed by atoms with Crippen LogP contribution in [-0.2, 0) is 0 Å². The molecule has 0 saturated carbocycles. The maximum absolute atomic E-state index is 12.6. The molecule has 2 aromatic rings. The summed E-state index contributed by atoms with van der Waals surface area (Å²) in [6, 6.07) is 11.5. The van der Waals surface area contributed by atoms with Gasteiger partial charge in [0.1, 0.15) is 17.1 Å². The number of hydrogen-bond donors (Lipinski definition) is 3. The number of para-hydroxylation sites is 1. The summed E-state index contributed by atoms with van der Waals surface area (Å²) in [5.74, 6) is -1.48. The molecule has 0 atom stereocenters. The molecule has 22 heavy (non-hydrogen) atoms. The zero-order valence-corrected chi connectivity index (χ0v) is 12.0. The SMILES string of the molecule is NC1=C(Nc2ccccc2)C(=O)c2c(Cl)ccc(O)c2C1=O. The number of phenols is 1. The fraction of sp³-hybridized carbons (Fsp3) is 0. The van der Waals surface area contributed by atoms with Gasteiger partial charge in [0.25, 0.3) is 0 Å². The van der Waals surface area contributed by atoms with Crippen molar-refractivity contribution >= 4 is 28.9 Å². The molecule has 0 fully saturated rings. The Hall–Kier alpha value is -2.79. The number of rotatable bonds is 2. The highest BCUT2D eigenvalue weighted by molar-refractivity contribution is 6.39. The normalized spacial score (nSPS) is 14.0. The van der Waals surface area contributed by atoms with E-state index in [1.165, 1.54) is 12.1 Å². The predicted octanol–water partition coefficient (Wildman–Crippen LogP) is 2.71. The highest BCUT2D eigenvalue weighted by Crippen LogP contribution is 2.35. The number of anilines is 1. The summed E-state index contributed by atoms with van der Waals surface area (Å²) in [6.45, 7) is 0. The molecule has 1 aliphatic carbocycles. The van der Waals surface area contributed by atoms with Crippen molar-refractivity contribution in [2.75, 3.05) is 5.32 Å². The molecule has 110 valence electrons. The number of nitrogens with one attached hydrogen (secondary N) is 1. The van der Waals surface area contributed by atoms with Crippen LogP contribution in [0.2, 0.25) is 5.02 Å². The summed E-state index contributed by atoms with van der Waals surface area (Å²) in [5, 5.41) is 12.8. The van der Waals surface area contributed by atoms with Gasteiger partial charge in [0.2, 0.25) is 11.6 Å². The Bertz CT molecular complexity index is 829. The van der Waals surface area contributed by atoms with Gasteiger partial charge in [0, 0.05) is 5.69 Å². The summed E-state index contributed by atoms with van der Waals surface area (Å²) >= 11 is 6.01. The zero-order chi connectivity index (χ0) is 15.9. The van der Waals surface area contributed by atoms with Crippen LogP contribution in [0.4, 0.5) is 5.69 Å². The van der Waals surface area contributed by atoms with Crippen molar-refractivity contribution in [2.24, 2.45) is 5.73 Å². The quantitative estimate of drug-likeness (QED) is 0.792. The number of hydrogen-bond acceptors (Lipinski definition) is 5. The maximum atomic E-state index is 12.6. The van der Waals surface area contributed by atoms with Crippen LogP contribution in [0.1, 0.15) is 20.7 Å². The van der Waals surface area contributed by atoms with Gasteiger partial charge >= 0.3 is 0 Å². The second-order valence-corrected chi connectivity index (χ2v) is 5.16. The van der Waals surface area contributed by atoms with Crippen molar-refractivity contribution in [2.45, 2.75) is 0 Å². The molecular weight excluding hydrogens is 304 g/mol. The minimum absolute atomic E-state index is 0.0423. The Morgan fingerprint density at radius 1 is 0.955 bits per heavy atom. The fourth-order valence-electron chi connectivity index (χ4n) is 2.30. The van der Waals surface area contributed by atoms with Gasteiger partial charge in [-0.25, -0.2) is 0 Å². The lowest BCUT2D eigenvalue weighted by Crippen LogP contribution is -2.30. The van der Waals surface area contributed by atoms with Crippen LogP contribution in [0.25, 0.3) is 0 Å². The number of carbonyl (C=O) groups excluding carboxylic acids is 2. The number of aromatic hydroxyl groups is 1. The molecule has 0 aromatic heterocycles. The number of carbonyl (C=O) groups is 2. The first-order valence-corrected chi connectivity index (χ1v) is 6.81. The van der Waals surface area contributed by atoms with Gasteiger partial charge in [0.05, 0.1) is 16.1 Å². The van der Waals surface area contributed by atoms with Crippen LogP contribution in [-0.4, -0.2) is 16.7 Å². The molecule has 5 nitrogen and oxygen atoms in total. The van der Waals surface area contributed by atoms with E-state index in [4.69, 9.17) is 17.3 Å². The summed E-state index contributed by atoms with van der Waals surface area (Å²) in [6.07, 6.45) is 0. The van der Waals surface area contributed by atoms with E-state index < -0.39 is 11.6 Å². The van der Waals surface area contributed by atoms with E-state index in [1.54, 1.807) is 24.3 Å². The number of fused-ring (bicyclic) bond motifs is 1. The molecule has 0 aliphatic heterocycles. The monoisotopic (exact) mass is 314 g/mol. The summed E-state index contributed by atoms with van der Waals surface area (Å²) in [4.78, 5) is 24.9. The molecule has 0 bridgehead atoms. The minimum atomic E-state index is -0.631. The van der Waals surface area contributed by atoms with Crippen LogP contribution in [0.3, 0.4) is 0 Å². The number of nitrogens with two attached hydrogens (primary N) is 1. The number of Topliss-reactive ketones (excluding diaryl/α,β-unsaturated/α-hetero) is 2. The van der Waals surface area contributed by atoms with Crippen molar-refractivity contribution in [3.05, 3.63) is 70.0 Å². The number of ketones is 2. The molecule has 0 amide bonds. The lowest BCUT2D eigenvalue weighted by atomic mass is 9.89. The van der Waals surface area contributed by atoms with Gasteiger partial charge in [0.15, 0.2) is 0 Å². The molecule has 0 saturated heterocycles. The summed E-state index contributed by atoms with van der Waals surface area (Å²) < 4.78 is 0. The largest absolute Gasteiger partial charge is 0.507 e. The first kappa shape index (κ1) is 14.2. The first-order chi connectivity index (χ1) is 10.5. The topological polar surface area (TPSA) is 92.4 Å². The number of phenolic OH excluding ortho intramolecular Hbond substituents is 1. The van der Waals surface area contributed by atoms with Crippen molar-refractivity contribution in [3.63, 3.8) is 0 Å². The third-order valence-electron chi connectivity index (χ3n) is 3.37. The Kier molecular flexibility index (Phi) is 3.35. The fourth-order valence-corrected chi connectivity index (χ4v) is 2.55. The third-order valence-corrected chi connectivity index (χ3v) is 3.69. The number of allylic oxidation sites excluding steroid dienone is 2. The van der Waals surface area contributed by atoms with Gasteiger partial charge in [-0.2, -0.15) is 0 Å². The van der Waals surface area contributed by atoms with Gasteiger partial charge in [-0.1, -0.05) is 29.8 Å². The Morgan fingerprint density at radius 2 is 1.64 bits per heavy atom. The Morgan fingerprint density at radius 3 is 2.32 bits per heavy atom. The molecule has 0 spiro atoms. The lowest BCUT2D eigenvalue weighted by Gasteiger charge is -2.21. The van der Waals surface area contributed by atoms with E-state index in [0.29, 0.717) is 5.69 Å². The van der Waals surface area contributed by atoms with E-state index >= 15 is 0 Å². The summed E-state index contributed by atoms with van der Waals surface area (Å²) in [7, 11) is 0. The molecule has 0 radical (unpaired) electrons. The molecular formula is C16H11ClN2O3. The van der Waals surface area contributed by atoms with Gasteiger partial charge in [-0.3, -0.25) is 9.59 Å². The highest BCUT2D eigenvalue weighted by Gasteiger charge is 2.35. The summed E-state index contributed by atoms with van der Waals surface area (Å²) in [5.41, 5.74) is 5.90. The van der Waals surface area contributed by atoms with Gasteiger partial charge in [-0.15, -0.1) is 0 Å². The Labute approximate surface area is 131 Å². The molecule has 6 heteroatoms. The zero-order valence-electron chi connectivity index (χ0n) is 11.3. The first-order valence-electron chi connectivity index (χ1n) is 6.43. The van der Waals surface area contributed by atoms with Crippen molar-refractivity contribution in [3.8, 4) is 5.75 Å². The molecule has 0 heterocycles. The predicted molar refractivity (Wildman–Crippen MR) is 83.1 cm³/mol. The van der Waals surface area contributed by atoms with Crippen molar-refractivity contribution in [1.82, 2.24) is 0 Å². The second-order valence-electron chi connectivity index (χ2n) is 4.75. The van der Waals surface area contributed by atoms with Crippen LogP contribution in [0.15, 0.2) is 53.9 Å². The van der Waals surface area contributed by atoms with Crippen LogP contribution in [0.5, 0.6) is 5.75 Å². The van der Waals surface area contributed by atoms with E-state index in [-0.39, 0.29) is 33.3 Å². The van der Waals surface area contributed by atoms with E-state index in [1.807, 2.05) is 6.07 Å². The molecule has 3 rings (SSSR count). The van der Waals surface area contributed by atoms with E-state index in [9.17, 15) is 14.7 Å². The second kappa shape index (κ2) is 5.20. The van der Waals surface area contributed by atoms with E-state index in [2.05, 4.69) is 5.32 Å². The smallest absolute Gasteiger partial charge is 0.215 e.